The number of ether oxygens (including phenoxy) is 3. The highest BCUT2D eigenvalue weighted by atomic mass is 16.5. The van der Waals surface area contributed by atoms with Crippen LogP contribution in [-0.2, 0) is 23.8 Å². The molecule has 10 nitrogen and oxygen atoms in total. The van der Waals surface area contributed by atoms with Gasteiger partial charge in [0, 0.05) is 39.0 Å². The van der Waals surface area contributed by atoms with Crippen molar-refractivity contribution in [1.29, 1.82) is 0 Å². The molecule has 0 aliphatic rings. The number of hydrogen-bond acceptors (Lipinski definition) is 10. The topological polar surface area (TPSA) is 114 Å². The van der Waals surface area contributed by atoms with E-state index in [-0.39, 0.29) is 18.0 Å². The molecule has 1 aromatic carbocycles. The van der Waals surface area contributed by atoms with Gasteiger partial charge in [-0.3, -0.25) is 19.2 Å². The summed E-state index contributed by atoms with van der Waals surface area (Å²) >= 11 is 0. The van der Waals surface area contributed by atoms with Crippen LogP contribution in [0.1, 0.15) is 233 Å². The second-order valence-corrected chi connectivity index (χ2v) is 18.3. The number of nitrogens with zero attached hydrogens (tertiary/aromatic N) is 2. The van der Waals surface area contributed by atoms with E-state index in [4.69, 9.17) is 14.2 Å². The monoisotopic (exact) mass is 876 g/mol. The van der Waals surface area contributed by atoms with E-state index in [1.54, 1.807) is 0 Å². The molecule has 0 radical (unpaired) electrons. The number of likely N-dealkylation sites (N-methyl/N-ethyl adjacent to an activating group) is 1. The van der Waals surface area contributed by atoms with Crippen molar-refractivity contribution in [2.24, 2.45) is 0 Å². The maximum absolute atomic E-state index is 12.9. The lowest BCUT2D eigenvalue weighted by Crippen LogP contribution is -2.43. The Morgan fingerprint density at radius 1 is 0.500 bits per heavy atom. The normalized spacial score (nSPS) is 11.6. The number of carbonyl (C=O) groups excluding carboxylic acids is 2. The molecule has 1 rings (SSSR count). The molecule has 0 spiro atoms. The molecule has 1 N–H and O–H groups in total. The molecule has 0 unspecified atom stereocenters. The van der Waals surface area contributed by atoms with Crippen molar-refractivity contribution in [3.63, 3.8) is 0 Å². The number of rotatable bonds is 47. The summed E-state index contributed by atoms with van der Waals surface area (Å²) in [6.07, 6.45) is 35.9. The Bertz CT molecular complexity index is 1250. The molecule has 0 saturated carbocycles. The van der Waals surface area contributed by atoms with Crippen LogP contribution in [0, 0.1) is 0 Å². The lowest BCUT2D eigenvalue weighted by molar-refractivity contribution is -0.150. The van der Waals surface area contributed by atoms with Gasteiger partial charge in [0.25, 0.3) is 10.9 Å². The fraction of sp³-hybridized carbons (Fsp3) is 0.885. The zero-order valence-electron chi connectivity index (χ0n) is 41.1. The summed E-state index contributed by atoms with van der Waals surface area (Å²) in [4.78, 5) is 54.9. The third-order valence-electron chi connectivity index (χ3n) is 12.1. The fourth-order valence-electron chi connectivity index (χ4n) is 8.11. The molecule has 0 atom stereocenters. The van der Waals surface area contributed by atoms with Crippen LogP contribution < -0.4 is 21.1 Å². The van der Waals surface area contributed by atoms with Gasteiger partial charge in [0.05, 0.1) is 19.8 Å². The van der Waals surface area contributed by atoms with E-state index in [1.165, 1.54) is 96.3 Å². The molecular formula is C52H97N3O7. The molecule has 0 amide bonds. The van der Waals surface area contributed by atoms with Gasteiger partial charge in [0.2, 0.25) is 0 Å². The smallest absolute Gasteiger partial charge is 0.306 e. The van der Waals surface area contributed by atoms with E-state index < -0.39 is 10.9 Å². The van der Waals surface area contributed by atoms with Crippen LogP contribution >= 0.6 is 0 Å². The van der Waals surface area contributed by atoms with Gasteiger partial charge in [-0.25, -0.2) is 0 Å². The Kier molecular flexibility index (Phi) is 38.3. The molecule has 0 aliphatic carbocycles. The average molecular weight is 876 g/mol. The van der Waals surface area contributed by atoms with E-state index in [2.05, 4.69) is 35.9 Å². The molecular weight excluding hydrogens is 779 g/mol. The van der Waals surface area contributed by atoms with E-state index in [9.17, 15) is 19.2 Å². The summed E-state index contributed by atoms with van der Waals surface area (Å²) in [5, 5.41) is 3.20. The first-order valence-electron chi connectivity index (χ1n) is 26.1. The second-order valence-electron chi connectivity index (χ2n) is 18.3. The molecule has 0 heterocycles. The van der Waals surface area contributed by atoms with Gasteiger partial charge in [0.15, 0.2) is 0 Å². The number of anilines is 2. The summed E-state index contributed by atoms with van der Waals surface area (Å²) in [6.45, 7) is 11.1. The van der Waals surface area contributed by atoms with Crippen LogP contribution in [0.25, 0.3) is 0 Å². The Hall–Kier alpha value is -2.46. The van der Waals surface area contributed by atoms with E-state index in [0.29, 0.717) is 63.7 Å². The number of unbranched alkanes of at least 4 members (excludes halogenated alkanes) is 24. The predicted octanol–water partition coefficient (Wildman–Crippen LogP) is 12.5. The molecule has 0 saturated heterocycles. The predicted molar refractivity (Wildman–Crippen MR) is 262 cm³/mol. The highest BCUT2D eigenvalue weighted by molar-refractivity contribution is 5.75. The molecule has 0 fully saturated rings. The molecule has 0 aliphatic heterocycles. The maximum atomic E-state index is 12.9. The zero-order chi connectivity index (χ0) is 45.3. The van der Waals surface area contributed by atoms with Crippen LogP contribution in [0.2, 0.25) is 0 Å². The van der Waals surface area contributed by atoms with Crippen molar-refractivity contribution in [3.05, 3.63) is 20.4 Å². The molecule has 0 aromatic heterocycles. The highest BCUT2D eigenvalue weighted by Gasteiger charge is 2.25. The summed E-state index contributed by atoms with van der Waals surface area (Å²) in [6, 6.07) is 0. The molecule has 62 heavy (non-hydrogen) atoms. The number of esters is 2. The largest absolute Gasteiger partial charge is 0.466 e. The number of nitrogens with one attached hydrogen (secondary N) is 1. The second kappa shape index (κ2) is 41.3. The molecule has 362 valence electrons. The SMILES string of the molecule is CCCCCCCCCOC(=O)CCCCCCCN(CCCCCCCC(=O)OC(CCCCCCCC)CCCCCCCC)c1c(NCCOCCN(C)C)c(=O)c1=O. The summed E-state index contributed by atoms with van der Waals surface area (Å²) < 4.78 is 17.2. The van der Waals surface area contributed by atoms with Crippen molar-refractivity contribution < 1.29 is 23.8 Å². The van der Waals surface area contributed by atoms with Crippen LogP contribution in [-0.4, -0.2) is 83.0 Å². The third-order valence-corrected chi connectivity index (χ3v) is 12.1. The van der Waals surface area contributed by atoms with Gasteiger partial charge in [-0.15, -0.1) is 0 Å². The summed E-state index contributed by atoms with van der Waals surface area (Å²) in [5.74, 6) is -0.128. The van der Waals surface area contributed by atoms with E-state index >= 15 is 0 Å². The van der Waals surface area contributed by atoms with Gasteiger partial charge >= 0.3 is 11.9 Å². The zero-order valence-corrected chi connectivity index (χ0v) is 41.1. The highest BCUT2D eigenvalue weighted by Crippen LogP contribution is 2.23. The standard InChI is InChI=1S/C52H97N3O7/c1-6-9-12-15-18-27-34-43-61-47(56)37-30-23-19-25-32-40-55(50-49(51(58)52(50)59)53-39-44-60-45-42-54(4)5)41-33-26-20-24-31-38-48(57)62-46(35-28-21-16-13-10-7-2)36-29-22-17-14-11-8-3/h46,53H,6-45H2,1-5H3. The van der Waals surface area contributed by atoms with Gasteiger partial charge in [-0.1, -0.05) is 162 Å². The van der Waals surface area contributed by atoms with Crippen molar-refractivity contribution in [2.45, 2.75) is 239 Å². The first kappa shape index (κ1) is 57.6. The lowest BCUT2D eigenvalue weighted by atomic mass is 10.0. The maximum Gasteiger partial charge on any atom is 0.306 e. The Balaban J connectivity index is 2.53. The Morgan fingerprint density at radius 2 is 0.952 bits per heavy atom. The van der Waals surface area contributed by atoms with Crippen molar-refractivity contribution in [2.75, 3.05) is 70.3 Å². The van der Waals surface area contributed by atoms with Crippen molar-refractivity contribution >= 4 is 23.3 Å². The van der Waals surface area contributed by atoms with Gasteiger partial charge in [-0.2, -0.15) is 0 Å². The minimum Gasteiger partial charge on any atom is -0.466 e. The van der Waals surface area contributed by atoms with Crippen molar-refractivity contribution in [1.82, 2.24) is 4.90 Å². The first-order chi connectivity index (χ1) is 30.2. The Morgan fingerprint density at radius 3 is 1.47 bits per heavy atom. The van der Waals surface area contributed by atoms with Crippen molar-refractivity contribution in [3.8, 4) is 0 Å². The number of carbonyl (C=O) groups is 2. The lowest BCUT2D eigenvalue weighted by Gasteiger charge is -2.28. The summed E-state index contributed by atoms with van der Waals surface area (Å²) in [7, 11) is 4.01. The van der Waals surface area contributed by atoms with E-state index in [1.807, 2.05) is 14.1 Å². The first-order valence-corrected chi connectivity index (χ1v) is 26.1. The molecule has 10 heteroatoms. The quantitative estimate of drug-likeness (QED) is 0.0386. The fourth-order valence-corrected chi connectivity index (χ4v) is 8.11. The Labute approximate surface area is 380 Å². The van der Waals surface area contributed by atoms with Gasteiger partial charge in [-0.05, 0) is 71.9 Å². The third kappa shape index (κ3) is 31.4. The van der Waals surface area contributed by atoms with Crippen LogP contribution in [0.4, 0.5) is 11.4 Å². The van der Waals surface area contributed by atoms with Crippen LogP contribution in [0.3, 0.4) is 0 Å². The average Bonchev–Trinajstić information content (AvgIpc) is 3.26. The minimum atomic E-state index is -0.440. The van der Waals surface area contributed by atoms with Gasteiger partial charge in [0.1, 0.15) is 17.5 Å². The summed E-state index contributed by atoms with van der Waals surface area (Å²) in [5.41, 5.74) is 0.100. The van der Waals surface area contributed by atoms with Gasteiger partial charge < -0.3 is 29.3 Å². The minimum absolute atomic E-state index is 0.0416. The molecule has 1 aromatic rings. The number of hydrogen-bond donors (Lipinski definition) is 1. The van der Waals surface area contributed by atoms with Crippen LogP contribution in [0.5, 0.6) is 0 Å². The van der Waals surface area contributed by atoms with E-state index in [0.717, 1.165) is 109 Å². The molecule has 0 bridgehead atoms. The van der Waals surface area contributed by atoms with Crippen LogP contribution in [0.15, 0.2) is 9.59 Å².